The number of amides is 1. The zero-order chi connectivity index (χ0) is 12.3. The molecule has 0 saturated carbocycles. The van der Waals surface area contributed by atoms with E-state index in [9.17, 15) is 4.79 Å². The van der Waals surface area contributed by atoms with Crippen molar-refractivity contribution in [3.63, 3.8) is 0 Å². The fraction of sp³-hybridized carbons (Fsp3) is 0. The average Bonchev–Trinajstić information content (AvgIpc) is 2.81. The summed E-state index contributed by atoms with van der Waals surface area (Å²) in [6, 6.07) is 8.65. The number of anilines is 1. The van der Waals surface area contributed by atoms with Crippen LogP contribution in [-0.2, 0) is 0 Å². The van der Waals surface area contributed by atoms with E-state index in [4.69, 9.17) is 18.0 Å². The molecule has 86 valence electrons. The Labute approximate surface area is 103 Å². The third-order valence-electron chi connectivity index (χ3n) is 2.19. The molecular weight excluding hydrogens is 236 g/mol. The Morgan fingerprint density at radius 1 is 1.29 bits per heavy atom. The Bertz CT molecular complexity index is 550. The highest BCUT2D eigenvalue weighted by Crippen LogP contribution is 2.11. The highest BCUT2D eigenvalue weighted by molar-refractivity contribution is 7.81. The van der Waals surface area contributed by atoms with Crippen LogP contribution in [0.15, 0.2) is 36.5 Å². The van der Waals surface area contributed by atoms with Crippen molar-refractivity contribution in [3.8, 4) is 0 Å². The Balaban J connectivity index is 2.28. The number of nitrogens with two attached hydrogens (primary N) is 1. The molecule has 0 saturated heterocycles. The maximum absolute atomic E-state index is 11.2. The lowest BCUT2D eigenvalue weighted by molar-refractivity contribution is 0.1000. The summed E-state index contributed by atoms with van der Waals surface area (Å²) < 4.78 is 0. The summed E-state index contributed by atoms with van der Waals surface area (Å²) >= 11 is 5.21. The third-order valence-corrected chi connectivity index (χ3v) is 2.51. The molecule has 0 unspecified atom stereocenters. The monoisotopic (exact) mass is 246 g/mol. The van der Waals surface area contributed by atoms with Crippen molar-refractivity contribution >= 4 is 28.9 Å². The van der Waals surface area contributed by atoms with Crippen LogP contribution >= 0.6 is 12.2 Å². The number of benzene rings is 1. The molecule has 0 radical (unpaired) electrons. The lowest BCUT2D eigenvalue weighted by Gasteiger charge is -2.08. The topological polar surface area (TPSA) is 83.8 Å². The summed E-state index contributed by atoms with van der Waals surface area (Å²) in [6.45, 7) is 0. The molecule has 1 amide bonds. The van der Waals surface area contributed by atoms with Gasteiger partial charge < -0.3 is 11.1 Å². The largest absolute Gasteiger partial charge is 0.366 e. The molecule has 0 spiro atoms. The predicted octanol–water partition coefficient (Wildman–Crippen LogP) is 1.30. The number of aromatic amines is 1. The Hall–Kier alpha value is -2.21. The van der Waals surface area contributed by atoms with Crippen LogP contribution in [0.3, 0.4) is 0 Å². The minimum absolute atomic E-state index is 0.393. The van der Waals surface area contributed by atoms with Gasteiger partial charge in [-0.2, -0.15) is 5.10 Å². The van der Waals surface area contributed by atoms with Crippen LogP contribution in [-0.4, -0.2) is 21.1 Å². The van der Waals surface area contributed by atoms with Gasteiger partial charge in [0.25, 0.3) is 0 Å². The van der Waals surface area contributed by atoms with E-state index >= 15 is 0 Å². The molecule has 4 N–H and O–H groups in total. The number of nitrogens with zero attached hydrogens (tertiary/aromatic N) is 1. The van der Waals surface area contributed by atoms with Gasteiger partial charge in [-0.3, -0.25) is 9.89 Å². The van der Waals surface area contributed by atoms with Gasteiger partial charge in [-0.1, -0.05) is 30.4 Å². The van der Waals surface area contributed by atoms with E-state index in [0.29, 0.717) is 21.9 Å². The van der Waals surface area contributed by atoms with Crippen molar-refractivity contribution in [3.05, 3.63) is 47.7 Å². The molecule has 0 aliphatic carbocycles. The number of nitrogens with one attached hydrogen (secondary N) is 2. The number of carbonyl (C=O) groups excluding carboxylic acids is 1. The molecule has 1 aromatic heterocycles. The first-order valence-electron chi connectivity index (χ1n) is 4.88. The summed E-state index contributed by atoms with van der Waals surface area (Å²) in [5.74, 6) is 0.156. The van der Waals surface area contributed by atoms with E-state index in [-0.39, 0.29) is 0 Å². The quantitative estimate of drug-likeness (QED) is 0.713. The molecule has 5 nitrogen and oxygen atoms in total. The number of carbonyl (C=O) groups is 1. The van der Waals surface area contributed by atoms with Crippen molar-refractivity contribution in [1.82, 2.24) is 10.2 Å². The zero-order valence-electron chi connectivity index (χ0n) is 8.81. The second-order valence-electron chi connectivity index (χ2n) is 3.33. The van der Waals surface area contributed by atoms with Gasteiger partial charge in [0.15, 0.2) is 0 Å². The van der Waals surface area contributed by atoms with Gasteiger partial charge in [0.05, 0.1) is 6.20 Å². The van der Waals surface area contributed by atoms with Crippen molar-refractivity contribution in [2.24, 2.45) is 5.73 Å². The molecule has 0 bridgehead atoms. The van der Waals surface area contributed by atoms with E-state index in [1.54, 1.807) is 36.5 Å². The maximum atomic E-state index is 11.2. The standard InChI is InChI=1S/C11H10N4OS/c12-10(16)7-3-1-2-4-8(7)11(17)14-9-5-6-13-15-9/h1-6H,(H2,12,16)(H2,13,14,15,17). The summed E-state index contributed by atoms with van der Waals surface area (Å²) in [5.41, 5.74) is 6.27. The molecule has 1 aromatic carbocycles. The van der Waals surface area contributed by atoms with Gasteiger partial charge in [-0.05, 0) is 6.07 Å². The molecule has 6 heteroatoms. The smallest absolute Gasteiger partial charge is 0.249 e. The summed E-state index contributed by atoms with van der Waals surface area (Å²) in [6.07, 6.45) is 1.60. The van der Waals surface area contributed by atoms with Crippen LogP contribution in [0.1, 0.15) is 15.9 Å². The number of aromatic nitrogens is 2. The van der Waals surface area contributed by atoms with E-state index in [1.165, 1.54) is 0 Å². The van der Waals surface area contributed by atoms with Crippen LogP contribution in [0.2, 0.25) is 0 Å². The number of hydrogen-bond donors (Lipinski definition) is 3. The van der Waals surface area contributed by atoms with Crippen molar-refractivity contribution < 1.29 is 4.79 Å². The fourth-order valence-electron chi connectivity index (χ4n) is 1.41. The predicted molar refractivity (Wildman–Crippen MR) is 68.9 cm³/mol. The molecule has 1 heterocycles. The van der Waals surface area contributed by atoms with Gasteiger partial charge in [0.2, 0.25) is 5.91 Å². The lowest BCUT2D eigenvalue weighted by atomic mass is 10.1. The van der Waals surface area contributed by atoms with Crippen LogP contribution in [0.4, 0.5) is 5.82 Å². The lowest BCUT2D eigenvalue weighted by Crippen LogP contribution is -2.19. The number of hydrogen-bond acceptors (Lipinski definition) is 3. The minimum Gasteiger partial charge on any atom is -0.366 e. The van der Waals surface area contributed by atoms with E-state index in [1.807, 2.05) is 0 Å². The second kappa shape index (κ2) is 4.75. The number of rotatable bonds is 3. The maximum Gasteiger partial charge on any atom is 0.249 e. The van der Waals surface area contributed by atoms with Crippen LogP contribution in [0, 0.1) is 0 Å². The SMILES string of the molecule is NC(=O)c1ccccc1C(=S)Nc1ccn[nH]1. The second-order valence-corrected chi connectivity index (χ2v) is 3.74. The molecule has 2 rings (SSSR count). The van der Waals surface area contributed by atoms with Crippen molar-refractivity contribution in [2.45, 2.75) is 0 Å². The summed E-state index contributed by atoms with van der Waals surface area (Å²) in [4.78, 5) is 11.7. The zero-order valence-corrected chi connectivity index (χ0v) is 9.62. The fourth-order valence-corrected chi connectivity index (χ4v) is 1.70. The van der Waals surface area contributed by atoms with Gasteiger partial charge in [0.1, 0.15) is 10.8 Å². The highest BCUT2D eigenvalue weighted by atomic mass is 32.1. The first-order chi connectivity index (χ1) is 8.18. The molecule has 17 heavy (non-hydrogen) atoms. The third kappa shape index (κ3) is 2.48. The molecule has 0 atom stereocenters. The van der Waals surface area contributed by atoms with Gasteiger partial charge in [-0.15, -0.1) is 0 Å². The van der Waals surface area contributed by atoms with E-state index in [2.05, 4.69) is 15.5 Å². The minimum atomic E-state index is -0.505. The van der Waals surface area contributed by atoms with Gasteiger partial charge in [0, 0.05) is 17.2 Å². The number of primary amides is 1. The van der Waals surface area contributed by atoms with E-state index in [0.717, 1.165) is 0 Å². The Kier molecular flexibility index (Phi) is 3.15. The molecular formula is C11H10N4OS. The highest BCUT2D eigenvalue weighted by Gasteiger charge is 2.11. The van der Waals surface area contributed by atoms with Gasteiger partial charge in [-0.25, -0.2) is 0 Å². The van der Waals surface area contributed by atoms with E-state index < -0.39 is 5.91 Å². The first kappa shape index (κ1) is 11.3. The first-order valence-corrected chi connectivity index (χ1v) is 5.29. The van der Waals surface area contributed by atoms with Crippen molar-refractivity contribution in [2.75, 3.05) is 5.32 Å². The summed E-state index contributed by atoms with van der Waals surface area (Å²) in [5, 5.41) is 9.45. The molecule has 0 fully saturated rings. The van der Waals surface area contributed by atoms with Gasteiger partial charge >= 0.3 is 0 Å². The molecule has 2 aromatic rings. The normalized spacial score (nSPS) is 9.88. The average molecular weight is 246 g/mol. The molecule has 0 aliphatic rings. The van der Waals surface area contributed by atoms with Crippen molar-refractivity contribution in [1.29, 1.82) is 0 Å². The number of H-pyrrole nitrogens is 1. The van der Waals surface area contributed by atoms with Crippen LogP contribution in [0.25, 0.3) is 0 Å². The Morgan fingerprint density at radius 2 is 2.00 bits per heavy atom. The number of thiocarbonyl (C=S) groups is 1. The summed E-state index contributed by atoms with van der Waals surface area (Å²) in [7, 11) is 0. The van der Waals surface area contributed by atoms with Crippen LogP contribution < -0.4 is 11.1 Å². The molecule has 0 aliphatic heterocycles. The van der Waals surface area contributed by atoms with Crippen LogP contribution in [0.5, 0.6) is 0 Å². The Morgan fingerprint density at radius 3 is 2.59 bits per heavy atom.